The zero-order valence-corrected chi connectivity index (χ0v) is 13.5. The van der Waals surface area contributed by atoms with Crippen LogP contribution in [0.3, 0.4) is 0 Å². The van der Waals surface area contributed by atoms with Gasteiger partial charge in [0.1, 0.15) is 6.10 Å². The summed E-state index contributed by atoms with van der Waals surface area (Å²) >= 11 is 0. The summed E-state index contributed by atoms with van der Waals surface area (Å²) in [5, 5.41) is 0. The lowest BCUT2D eigenvalue weighted by molar-refractivity contribution is 0.0209. The van der Waals surface area contributed by atoms with Crippen LogP contribution in [0, 0.1) is 0 Å². The largest absolute Gasteiger partial charge is 0.459 e. The van der Waals surface area contributed by atoms with E-state index in [0.29, 0.717) is 12.0 Å². The van der Waals surface area contributed by atoms with E-state index in [0.717, 1.165) is 31.2 Å². The van der Waals surface area contributed by atoms with Gasteiger partial charge in [-0.15, -0.1) is 0 Å². The predicted octanol–water partition coefficient (Wildman–Crippen LogP) is 3.67. The molecular formula is C15H19ClO4S. The molecule has 0 aromatic heterocycles. The minimum Gasteiger partial charge on any atom is -0.459 e. The summed E-state index contributed by atoms with van der Waals surface area (Å²) in [6.45, 7) is 1.90. The zero-order chi connectivity index (χ0) is 15.5. The Morgan fingerprint density at radius 3 is 2.52 bits per heavy atom. The maximum Gasteiger partial charge on any atom is 0.338 e. The summed E-state index contributed by atoms with van der Waals surface area (Å²) in [6, 6.07) is 4.34. The van der Waals surface area contributed by atoms with Crippen molar-refractivity contribution in [2.24, 2.45) is 0 Å². The average Bonchev–Trinajstić information content (AvgIpc) is 2.46. The van der Waals surface area contributed by atoms with Crippen molar-refractivity contribution < 1.29 is 17.9 Å². The van der Waals surface area contributed by atoms with E-state index in [-0.39, 0.29) is 11.0 Å². The summed E-state index contributed by atoms with van der Waals surface area (Å²) in [5.74, 6) is -0.457. The highest BCUT2D eigenvalue weighted by Crippen LogP contribution is 2.24. The minimum atomic E-state index is -3.85. The normalized spacial score (nSPS) is 16.7. The molecule has 0 radical (unpaired) electrons. The van der Waals surface area contributed by atoms with Crippen molar-refractivity contribution in [1.29, 1.82) is 0 Å². The summed E-state index contributed by atoms with van der Waals surface area (Å²) in [7, 11) is 1.49. The van der Waals surface area contributed by atoms with Crippen LogP contribution in [-0.2, 0) is 20.2 Å². The molecule has 1 aliphatic rings. The molecule has 0 unspecified atom stereocenters. The smallest absolute Gasteiger partial charge is 0.338 e. The van der Waals surface area contributed by atoms with E-state index >= 15 is 0 Å². The number of esters is 1. The standard InChI is InChI=1S/C15H19ClO4S/c1-2-11-8-9-13(21(16,18)19)10-14(11)15(17)20-12-6-4-3-5-7-12/h8-10,12H,2-7H2,1H3. The van der Waals surface area contributed by atoms with E-state index in [1.165, 1.54) is 18.6 Å². The van der Waals surface area contributed by atoms with Gasteiger partial charge >= 0.3 is 5.97 Å². The van der Waals surface area contributed by atoms with Gasteiger partial charge in [0.15, 0.2) is 0 Å². The molecule has 1 aliphatic carbocycles. The van der Waals surface area contributed by atoms with Crippen molar-refractivity contribution in [3.63, 3.8) is 0 Å². The van der Waals surface area contributed by atoms with Crippen LogP contribution in [0.15, 0.2) is 23.1 Å². The summed E-state index contributed by atoms with van der Waals surface area (Å²) in [4.78, 5) is 12.2. The molecule has 0 amide bonds. The van der Waals surface area contributed by atoms with Gasteiger partial charge in [-0.05, 0) is 49.8 Å². The van der Waals surface area contributed by atoms with Gasteiger partial charge in [-0.1, -0.05) is 19.4 Å². The first-order valence-corrected chi connectivity index (χ1v) is 9.51. The van der Waals surface area contributed by atoms with Crippen molar-refractivity contribution in [3.05, 3.63) is 29.3 Å². The Kier molecular flexibility index (Phi) is 5.27. The highest BCUT2D eigenvalue weighted by molar-refractivity contribution is 8.13. The Labute approximate surface area is 129 Å². The van der Waals surface area contributed by atoms with Crippen LogP contribution in [0.4, 0.5) is 0 Å². The van der Waals surface area contributed by atoms with Crippen molar-refractivity contribution in [2.75, 3.05) is 0 Å². The molecule has 4 nitrogen and oxygen atoms in total. The highest BCUT2D eigenvalue weighted by atomic mass is 35.7. The first-order chi connectivity index (χ1) is 9.91. The molecule has 6 heteroatoms. The second-order valence-corrected chi connectivity index (χ2v) is 7.84. The van der Waals surface area contributed by atoms with Crippen molar-refractivity contribution in [3.8, 4) is 0 Å². The topological polar surface area (TPSA) is 60.4 Å². The number of aryl methyl sites for hydroxylation is 1. The monoisotopic (exact) mass is 330 g/mol. The number of hydrogen-bond donors (Lipinski definition) is 0. The number of carbonyl (C=O) groups is 1. The van der Waals surface area contributed by atoms with E-state index < -0.39 is 15.0 Å². The van der Waals surface area contributed by atoms with Crippen LogP contribution in [0.25, 0.3) is 0 Å². The second kappa shape index (κ2) is 6.79. The molecule has 0 aliphatic heterocycles. The molecule has 0 bridgehead atoms. The molecule has 1 fully saturated rings. The Morgan fingerprint density at radius 2 is 1.95 bits per heavy atom. The molecule has 21 heavy (non-hydrogen) atoms. The van der Waals surface area contributed by atoms with Crippen LogP contribution < -0.4 is 0 Å². The van der Waals surface area contributed by atoms with Crippen LogP contribution in [0.1, 0.15) is 54.9 Å². The molecule has 0 N–H and O–H groups in total. The van der Waals surface area contributed by atoms with Crippen molar-refractivity contribution >= 4 is 25.7 Å². The fourth-order valence-corrected chi connectivity index (χ4v) is 3.38. The van der Waals surface area contributed by atoms with Crippen LogP contribution in [0.5, 0.6) is 0 Å². The van der Waals surface area contributed by atoms with Gasteiger partial charge in [0.25, 0.3) is 9.05 Å². The Morgan fingerprint density at radius 1 is 1.29 bits per heavy atom. The number of benzene rings is 1. The lowest BCUT2D eigenvalue weighted by Crippen LogP contribution is -2.21. The first-order valence-electron chi connectivity index (χ1n) is 7.20. The molecule has 1 aromatic rings. The van der Waals surface area contributed by atoms with Gasteiger partial charge in [-0.3, -0.25) is 0 Å². The number of carbonyl (C=O) groups excluding carboxylic acids is 1. The number of ether oxygens (including phenoxy) is 1. The summed E-state index contributed by atoms with van der Waals surface area (Å²) < 4.78 is 28.3. The van der Waals surface area contributed by atoms with E-state index in [2.05, 4.69) is 0 Å². The predicted molar refractivity (Wildman–Crippen MR) is 81.1 cm³/mol. The van der Waals surface area contributed by atoms with Crippen molar-refractivity contribution in [1.82, 2.24) is 0 Å². The van der Waals surface area contributed by atoms with Gasteiger partial charge in [-0.25, -0.2) is 13.2 Å². The average molecular weight is 331 g/mol. The molecule has 0 spiro atoms. The molecule has 0 heterocycles. The van der Waals surface area contributed by atoms with Gasteiger partial charge in [0.2, 0.25) is 0 Å². The third kappa shape index (κ3) is 4.20. The van der Waals surface area contributed by atoms with Crippen LogP contribution in [-0.4, -0.2) is 20.5 Å². The maximum absolute atomic E-state index is 12.3. The number of halogens is 1. The maximum atomic E-state index is 12.3. The minimum absolute atomic E-state index is 0.0628. The Bertz CT molecular complexity index is 619. The molecule has 1 saturated carbocycles. The lowest BCUT2D eigenvalue weighted by atomic mass is 9.97. The third-order valence-electron chi connectivity index (χ3n) is 3.79. The third-order valence-corrected chi connectivity index (χ3v) is 5.14. The highest BCUT2D eigenvalue weighted by Gasteiger charge is 2.22. The molecule has 116 valence electrons. The van der Waals surface area contributed by atoms with E-state index in [1.807, 2.05) is 6.92 Å². The molecular weight excluding hydrogens is 312 g/mol. The van der Waals surface area contributed by atoms with E-state index in [4.69, 9.17) is 15.4 Å². The van der Waals surface area contributed by atoms with Gasteiger partial charge < -0.3 is 4.74 Å². The summed E-state index contributed by atoms with van der Waals surface area (Å²) in [5.41, 5.74) is 1.06. The fourth-order valence-electron chi connectivity index (χ4n) is 2.60. The number of hydrogen-bond acceptors (Lipinski definition) is 4. The summed E-state index contributed by atoms with van der Waals surface area (Å²) in [6.07, 6.45) is 5.61. The fraction of sp³-hybridized carbons (Fsp3) is 0.533. The van der Waals surface area contributed by atoms with E-state index in [9.17, 15) is 13.2 Å². The van der Waals surface area contributed by atoms with Crippen molar-refractivity contribution in [2.45, 2.75) is 56.4 Å². The van der Waals surface area contributed by atoms with Gasteiger partial charge in [0, 0.05) is 10.7 Å². The Hall–Kier alpha value is -1.07. The molecule has 0 atom stereocenters. The molecule has 1 aromatic carbocycles. The first kappa shape index (κ1) is 16.3. The number of rotatable bonds is 4. The van der Waals surface area contributed by atoms with Crippen LogP contribution in [0.2, 0.25) is 0 Å². The Balaban J connectivity index is 2.25. The molecule has 0 saturated heterocycles. The zero-order valence-electron chi connectivity index (χ0n) is 12.0. The van der Waals surface area contributed by atoms with E-state index in [1.54, 1.807) is 6.07 Å². The quantitative estimate of drug-likeness (QED) is 0.624. The second-order valence-electron chi connectivity index (χ2n) is 5.28. The lowest BCUT2D eigenvalue weighted by Gasteiger charge is -2.22. The van der Waals surface area contributed by atoms with Gasteiger partial charge in [0.05, 0.1) is 10.5 Å². The SMILES string of the molecule is CCc1ccc(S(=O)(=O)Cl)cc1C(=O)OC1CCCCC1. The van der Waals surface area contributed by atoms with Gasteiger partial charge in [-0.2, -0.15) is 0 Å². The van der Waals surface area contributed by atoms with Crippen LogP contribution >= 0.6 is 10.7 Å². The molecule has 2 rings (SSSR count).